The van der Waals surface area contributed by atoms with Crippen molar-refractivity contribution in [2.75, 3.05) is 47.6 Å². The predicted molar refractivity (Wildman–Crippen MR) is 72.1 cm³/mol. The van der Waals surface area contributed by atoms with Crippen molar-refractivity contribution in [3.05, 3.63) is 0 Å². The summed E-state index contributed by atoms with van der Waals surface area (Å²) in [6, 6.07) is 0.551. The fourth-order valence-electron chi connectivity index (χ4n) is 1.70. The highest BCUT2D eigenvalue weighted by molar-refractivity contribution is 5.85. The third-order valence-corrected chi connectivity index (χ3v) is 2.89. The maximum Gasteiger partial charge on any atom is 0.338 e. The maximum atomic E-state index is 5.35. The largest absolute Gasteiger partial charge is 0.466 e. The average Bonchev–Trinajstić information content (AvgIpc) is 2.39. The van der Waals surface area contributed by atoms with Gasteiger partial charge in [-0.3, -0.25) is 4.48 Å². The molecule has 2 heterocycles. The monoisotopic (exact) mass is 295 g/mol. The van der Waals surface area contributed by atoms with E-state index in [0.717, 1.165) is 13.1 Å². The molecule has 0 aromatic carbocycles. The van der Waals surface area contributed by atoms with Crippen LogP contribution in [0.25, 0.3) is 0 Å². The summed E-state index contributed by atoms with van der Waals surface area (Å²) in [6.07, 6.45) is 0. The molecule has 0 aliphatic carbocycles. The minimum Gasteiger partial charge on any atom is -0.466 e. The second-order valence-electron chi connectivity index (χ2n) is 4.06. The number of quaternary nitrogens is 1. The summed E-state index contributed by atoms with van der Waals surface area (Å²) in [5.41, 5.74) is 0. The number of halogens is 1. The molecule has 0 bridgehead atoms. The number of nitrogens with zero attached hydrogens (tertiary/aromatic N) is 4. The van der Waals surface area contributed by atoms with Gasteiger partial charge in [0.2, 0.25) is 0 Å². The molecule has 0 spiro atoms. The third kappa shape index (κ3) is 3.87. The zero-order chi connectivity index (χ0) is 12.3. The van der Waals surface area contributed by atoms with Gasteiger partial charge in [0.05, 0.1) is 34.5 Å². The number of likely N-dealkylation sites (N-methyl/N-ethyl adjacent to an activating group) is 1. The number of hydrogen-bond donors (Lipinski definition) is 0. The van der Waals surface area contributed by atoms with Crippen molar-refractivity contribution in [1.29, 1.82) is 0 Å². The van der Waals surface area contributed by atoms with Crippen molar-refractivity contribution in [3.8, 4) is 12.0 Å². The molecular weight excluding hydrogens is 276 g/mol. The Balaban J connectivity index is 0.00000162. The van der Waals surface area contributed by atoms with E-state index >= 15 is 0 Å². The Morgan fingerprint density at radius 2 is 1.47 bits per heavy atom. The summed E-state index contributed by atoms with van der Waals surface area (Å²) in [6.45, 7) is 3.06. The Kier molecular flexibility index (Phi) is 6.91. The molecular formula is C10H20ClN4O4+. The van der Waals surface area contributed by atoms with Crippen LogP contribution in [0.2, 0.25) is 0 Å². The zero-order valence-corrected chi connectivity index (χ0v) is 12.1. The van der Waals surface area contributed by atoms with Crippen LogP contribution in [0.3, 0.4) is 0 Å². The van der Waals surface area contributed by atoms with Gasteiger partial charge in [-0.15, -0.1) is 27.4 Å². The first-order chi connectivity index (χ1) is 8.18. The van der Waals surface area contributed by atoms with E-state index in [2.05, 4.69) is 22.0 Å². The minimum atomic E-state index is 0. The lowest BCUT2D eigenvalue weighted by Gasteiger charge is -2.34. The van der Waals surface area contributed by atoms with Gasteiger partial charge in [-0.05, 0) is 0 Å². The second-order valence-corrected chi connectivity index (χ2v) is 4.06. The molecule has 0 atom stereocenters. The smallest absolute Gasteiger partial charge is 0.338 e. The SMILES string of the molecule is COc1nc(OC)nc([N+]2(C)CCOCC2)n1.Cl.O. The molecule has 2 rings (SSSR count). The normalized spacial score (nSPS) is 16.8. The molecule has 0 radical (unpaired) electrons. The Bertz CT molecular complexity index is 379. The standard InChI is InChI=1S/C10H17N4O3.ClH.H2O/c1-14(4-6-17-7-5-14)8-11-9(15-2)13-10(12-8)16-3;;/h4-7H2,1-3H3;1H;1H2/q+1;;. The van der Waals surface area contributed by atoms with Gasteiger partial charge in [0, 0.05) is 0 Å². The van der Waals surface area contributed by atoms with E-state index in [1.165, 1.54) is 14.2 Å². The Morgan fingerprint density at radius 3 is 1.89 bits per heavy atom. The average molecular weight is 296 g/mol. The summed E-state index contributed by atoms with van der Waals surface area (Å²) in [5.74, 6) is 0.650. The molecule has 110 valence electrons. The lowest BCUT2D eigenvalue weighted by Crippen LogP contribution is -2.54. The van der Waals surface area contributed by atoms with Crippen molar-refractivity contribution < 1.29 is 19.7 Å². The lowest BCUT2D eigenvalue weighted by atomic mass is 10.4. The van der Waals surface area contributed by atoms with E-state index in [1.807, 2.05) is 0 Å². The molecule has 1 fully saturated rings. The Hall–Kier alpha value is -1.22. The van der Waals surface area contributed by atoms with Gasteiger partial charge in [-0.2, -0.15) is 0 Å². The van der Waals surface area contributed by atoms with Crippen molar-refractivity contribution in [2.24, 2.45) is 0 Å². The first-order valence-corrected chi connectivity index (χ1v) is 5.45. The summed E-state index contributed by atoms with van der Waals surface area (Å²) < 4.78 is 16.1. The van der Waals surface area contributed by atoms with Gasteiger partial charge >= 0.3 is 18.0 Å². The number of hydrogen-bond acceptors (Lipinski definition) is 6. The molecule has 9 heteroatoms. The highest BCUT2D eigenvalue weighted by atomic mass is 35.5. The van der Waals surface area contributed by atoms with Crippen molar-refractivity contribution in [2.45, 2.75) is 0 Å². The van der Waals surface area contributed by atoms with Crippen LogP contribution < -0.4 is 14.0 Å². The molecule has 1 saturated heterocycles. The van der Waals surface area contributed by atoms with E-state index in [9.17, 15) is 0 Å². The first kappa shape index (κ1) is 17.8. The molecule has 1 aliphatic rings. The van der Waals surface area contributed by atoms with Crippen LogP contribution in [-0.2, 0) is 4.74 Å². The minimum absolute atomic E-state index is 0. The number of rotatable bonds is 3. The van der Waals surface area contributed by atoms with Crippen molar-refractivity contribution >= 4 is 18.4 Å². The van der Waals surface area contributed by atoms with Gasteiger partial charge in [0.15, 0.2) is 0 Å². The van der Waals surface area contributed by atoms with Gasteiger partial charge in [0.1, 0.15) is 13.1 Å². The maximum absolute atomic E-state index is 5.35. The highest BCUT2D eigenvalue weighted by Crippen LogP contribution is 2.22. The number of aromatic nitrogens is 3. The van der Waals surface area contributed by atoms with Crippen LogP contribution in [0.4, 0.5) is 5.95 Å². The van der Waals surface area contributed by atoms with Gasteiger partial charge in [-0.1, -0.05) is 0 Å². The molecule has 2 N–H and O–H groups in total. The fraction of sp³-hybridized carbons (Fsp3) is 0.700. The van der Waals surface area contributed by atoms with E-state index < -0.39 is 0 Å². The Morgan fingerprint density at radius 1 is 1.00 bits per heavy atom. The molecule has 1 aromatic rings. The van der Waals surface area contributed by atoms with E-state index in [0.29, 0.717) is 23.6 Å². The summed E-state index contributed by atoms with van der Waals surface area (Å²) in [5, 5.41) is 0. The molecule has 19 heavy (non-hydrogen) atoms. The molecule has 8 nitrogen and oxygen atoms in total. The second kappa shape index (κ2) is 7.39. The zero-order valence-electron chi connectivity index (χ0n) is 11.3. The molecule has 0 unspecified atom stereocenters. The summed E-state index contributed by atoms with van der Waals surface area (Å²) in [4.78, 5) is 12.6. The van der Waals surface area contributed by atoms with Crippen molar-refractivity contribution in [1.82, 2.24) is 19.4 Å². The van der Waals surface area contributed by atoms with Gasteiger partial charge in [-0.25, -0.2) is 0 Å². The van der Waals surface area contributed by atoms with Crippen LogP contribution >= 0.6 is 12.4 Å². The molecule has 0 saturated carbocycles. The van der Waals surface area contributed by atoms with E-state index in [1.54, 1.807) is 0 Å². The number of methoxy groups -OCH3 is 2. The third-order valence-electron chi connectivity index (χ3n) is 2.89. The topological polar surface area (TPSA) is 97.9 Å². The number of morpholine rings is 1. The summed E-state index contributed by atoms with van der Waals surface area (Å²) >= 11 is 0. The number of ether oxygens (including phenoxy) is 3. The van der Waals surface area contributed by atoms with Crippen LogP contribution in [-0.4, -0.2) is 68.0 Å². The predicted octanol–water partition coefficient (Wildman–Crippen LogP) is -0.547. The highest BCUT2D eigenvalue weighted by Gasteiger charge is 2.32. The molecule has 1 aromatic heterocycles. The van der Waals surface area contributed by atoms with Crippen LogP contribution in [0.5, 0.6) is 12.0 Å². The van der Waals surface area contributed by atoms with Crippen molar-refractivity contribution in [3.63, 3.8) is 0 Å². The molecule has 1 aliphatic heterocycles. The van der Waals surface area contributed by atoms with Crippen LogP contribution in [0.1, 0.15) is 0 Å². The lowest BCUT2D eigenvalue weighted by molar-refractivity contribution is 0.0489. The quantitative estimate of drug-likeness (QED) is 0.694. The van der Waals surface area contributed by atoms with Crippen LogP contribution in [0.15, 0.2) is 0 Å². The summed E-state index contributed by atoms with van der Waals surface area (Å²) in [7, 11) is 5.12. The van der Waals surface area contributed by atoms with E-state index in [4.69, 9.17) is 14.2 Å². The van der Waals surface area contributed by atoms with Crippen LogP contribution in [0, 0.1) is 0 Å². The van der Waals surface area contributed by atoms with Gasteiger partial charge in [0.25, 0.3) is 0 Å². The fourth-order valence-corrected chi connectivity index (χ4v) is 1.70. The molecule has 0 amide bonds. The Labute approximate surface area is 118 Å². The van der Waals surface area contributed by atoms with E-state index in [-0.39, 0.29) is 29.9 Å². The van der Waals surface area contributed by atoms with Gasteiger partial charge < -0.3 is 19.7 Å². The first-order valence-electron chi connectivity index (χ1n) is 5.45.